The number of benzene rings is 2. The molecule has 0 radical (unpaired) electrons. The van der Waals surface area contributed by atoms with E-state index in [9.17, 15) is 4.79 Å². The fourth-order valence-electron chi connectivity index (χ4n) is 2.88. The molecular weight excluding hydrogens is 330 g/mol. The van der Waals surface area contributed by atoms with Crippen LogP contribution in [0.2, 0.25) is 0 Å². The number of rotatable bonds is 4. The third-order valence-electron chi connectivity index (χ3n) is 4.15. The van der Waals surface area contributed by atoms with Gasteiger partial charge in [-0.2, -0.15) is 4.99 Å². The zero-order valence-corrected chi connectivity index (χ0v) is 14.8. The first-order chi connectivity index (χ1) is 12.6. The number of fused-ring (bicyclic) bond motifs is 1. The van der Waals surface area contributed by atoms with Crippen LogP contribution in [0.25, 0.3) is 5.70 Å². The molecule has 1 aliphatic rings. The quantitative estimate of drug-likeness (QED) is 0.652. The topological polar surface area (TPSA) is 85.9 Å². The van der Waals surface area contributed by atoms with Crippen LogP contribution in [-0.2, 0) is 6.42 Å². The van der Waals surface area contributed by atoms with E-state index in [1.807, 2.05) is 18.2 Å². The number of aliphatic imine (C=N–C) groups is 1. The second-order valence-electron chi connectivity index (χ2n) is 5.81. The summed E-state index contributed by atoms with van der Waals surface area (Å²) in [4.78, 5) is 16.1. The molecule has 3 rings (SSSR count). The Kier molecular flexibility index (Phi) is 5.22. The summed E-state index contributed by atoms with van der Waals surface area (Å²) in [5.41, 5.74) is 9.36. The van der Waals surface area contributed by atoms with Crippen LogP contribution >= 0.6 is 0 Å². The number of carbonyl (C=O) groups is 1. The average Bonchev–Trinajstić information content (AvgIpc) is 2.67. The third-order valence-corrected chi connectivity index (χ3v) is 4.15. The van der Waals surface area contributed by atoms with Crippen LogP contribution in [0.4, 0.5) is 0 Å². The highest BCUT2D eigenvalue weighted by Gasteiger charge is 2.18. The molecular formula is C20H21N3O3. The summed E-state index contributed by atoms with van der Waals surface area (Å²) in [6, 6.07) is 12.7. The minimum atomic E-state index is -0.372. The van der Waals surface area contributed by atoms with E-state index in [-0.39, 0.29) is 11.7 Å². The zero-order chi connectivity index (χ0) is 18.5. The molecule has 1 aliphatic heterocycles. The number of ether oxygens (including phenoxy) is 2. The number of hydrogen-bond acceptors (Lipinski definition) is 4. The zero-order valence-electron chi connectivity index (χ0n) is 14.8. The van der Waals surface area contributed by atoms with E-state index >= 15 is 0 Å². The Labute approximate surface area is 152 Å². The minimum Gasteiger partial charge on any atom is -0.493 e. The lowest BCUT2D eigenvalue weighted by atomic mass is 9.96. The predicted octanol–water partition coefficient (Wildman–Crippen LogP) is 2.39. The fourth-order valence-corrected chi connectivity index (χ4v) is 2.88. The second-order valence-corrected chi connectivity index (χ2v) is 5.81. The van der Waals surface area contributed by atoms with Crippen LogP contribution in [0.15, 0.2) is 53.5 Å². The van der Waals surface area contributed by atoms with Gasteiger partial charge in [-0.05, 0) is 36.2 Å². The molecule has 134 valence electrons. The fraction of sp³-hybridized carbons (Fsp3) is 0.200. The molecule has 1 amide bonds. The first kappa shape index (κ1) is 17.5. The van der Waals surface area contributed by atoms with Gasteiger partial charge in [0.15, 0.2) is 11.5 Å². The molecule has 0 fully saturated rings. The van der Waals surface area contributed by atoms with Gasteiger partial charge in [-0.25, -0.2) is 0 Å². The lowest BCUT2D eigenvalue weighted by Crippen LogP contribution is -2.25. The van der Waals surface area contributed by atoms with Crippen molar-refractivity contribution in [3.63, 3.8) is 0 Å². The van der Waals surface area contributed by atoms with Gasteiger partial charge in [0.05, 0.1) is 14.2 Å². The molecule has 6 nitrogen and oxygen atoms in total. The number of nitrogens with two attached hydrogens (primary N) is 1. The van der Waals surface area contributed by atoms with E-state index < -0.39 is 0 Å². The Hall–Kier alpha value is -3.28. The highest BCUT2D eigenvalue weighted by Crippen LogP contribution is 2.34. The smallest absolute Gasteiger partial charge is 0.278 e. The first-order valence-electron chi connectivity index (χ1n) is 8.26. The molecule has 26 heavy (non-hydrogen) atoms. The summed E-state index contributed by atoms with van der Waals surface area (Å²) >= 11 is 0. The number of amides is 1. The van der Waals surface area contributed by atoms with Crippen LogP contribution in [0.3, 0.4) is 0 Å². The molecule has 1 heterocycles. The standard InChI is InChI=1S/C20H21N3O3/c1-25-17-10-14-8-9-22-16(15(14)11-18(17)26-2)12-19(21)23-20(24)13-6-4-3-5-7-13/h3-7,10-12,22H,8-9H2,1-2H3,(H2,21,23,24)/b16-12-. The summed E-state index contributed by atoms with van der Waals surface area (Å²) < 4.78 is 10.7. The van der Waals surface area contributed by atoms with E-state index in [0.29, 0.717) is 17.1 Å². The normalized spacial score (nSPS) is 15.2. The van der Waals surface area contributed by atoms with Gasteiger partial charge >= 0.3 is 0 Å². The second kappa shape index (κ2) is 7.74. The van der Waals surface area contributed by atoms with Crippen molar-refractivity contribution in [2.75, 3.05) is 20.8 Å². The van der Waals surface area contributed by atoms with Gasteiger partial charge in [-0.3, -0.25) is 4.79 Å². The van der Waals surface area contributed by atoms with Crippen molar-refractivity contribution in [2.45, 2.75) is 6.42 Å². The van der Waals surface area contributed by atoms with Gasteiger partial charge in [0, 0.05) is 29.4 Å². The van der Waals surface area contributed by atoms with Gasteiger partial charge in [-0.15, -0.1) is 0 Å². The van der Waals surface area contributed by atoms with Gasteiger partial charge in [0.2, 0.25) is 0 Å². The minimum absolute atomic E-state index is 0.143. The van der Waals surface area contributed by atoms with Crippen molar-refractivity contribution < 1.29 is 14.3 Å². The van der Waals surface area contributed by atoms with E-state index in [0.717, 1.165) is 29.8 Å². The first-order valence-corrected chi connectivity index (χ1v) is 8.26. The number of nitrogens with one attached hydrogen (secondary N) is 1. The number of nitrogens with zero attached hydrogens (tertiary/aromatic N) is 1. The van der Waals surface area contributed by atoms with E-state index in [1.165, 1.54) is 0 Å². The Morgan fingerprint density at radius 3 is 2.54 bits per heavy atom. The van der Waals surface area contributed by atoms with Crippen molar-refractivity contribution in [1.29, 1.82) is 0 Å². The molecule has 0 spiro atoms. The molecule has 0 aliphatic carbocycles. The summed E-state index contributed by atoms with van der Waals surface area (Å²) in [6.45, 7) is 0.758. The van der Waals surface area contributed by atoms with Gasteiger partial charge < -0.3 is 20.5 Å². The highest BCUT2D eigenvalue weighted by atomic mass is 16.5. The van der Waals surface area contributed by atoms with Gasteiger partial charge in [0.25, 0.3) is 5.91 Å². The summed E-state index contributed by atoms with van der Waals surface area (Å²) in [7, 11) is 3.21. The van der Waals surface area contributed by atoms with Crippen LogP contribution in [-0.4, -0.2) is 32.5 Å². The van der Waals surface area contributed by atoms with Gasteiger partial charge in [0.1, 0.15) is 5.84 Å². The molecule has 0 saturated heterocycles. The number of hydrogen-bond donors (Lipinski definition) is 2. The molecule has 0 unspecified atom stereocenters. The van der Waals surface area contributed by atoms with Crippen molar-refractivity contribution in [3.8, 4) is 11.5 Å². The van der Waals surface area contributed by atoms with Crippen molar-refractivity contribution in [1.82, 2.24) is 5.32 Å². The monoisotopic (exact) mass is 351 g/mol. The maximum Gasteiger partial charge on any atom is 0.278 e. The van der Waals surface area contributed by atoms with E-state index in [2.05, 4.69) is 10.3 Å². The Bertz CT molecular complexity index is 873. The average molecular weight is 351 g/mol. The molecule has 2 aromatic rings. The molecule has 0 aromatic heterocycles. The SMILES string of the molecule is COc1cc2c(cc1OC)/C(=C/C(N)=NC(=O)c1ccccc1)NCC2. The van der Waals surface area contributed by atoms with E-state index in [1.54, 1.807) is 44.6 Å². The van der Waals surface area contributed by atoms with Crippen molar-refractivity contribution >= 4 is 17.4 Å². The van der Waals surface area contributed by atoms with Gasteiger partial charge in [-0.1, -0.05) is 18.2 Å². The number of amidine groups is 1. The Balaban J connectivity index is 1.93. The lowest BCUT2D eigenvalue weighted by molar-refractivity contribution is 0.100. The van der Waals surface area contributed by atoms with Crippen LogP contribution in [0.5, 0.6) is 11.5 Å². The van der Waals surface area contributed by atoms with Crippen LogP contribution < -0.4 is 20.5 Å². The molecule has 0 atom stereocenters. The largest absolute Gasteiger partial charge is 0.493 e. The molecule has 2 aromatic carbocycles. The van der Waals surface area contributed by atoms with Crippen LogP contribution in [0.1, 0.15) is 21.5 Å². The molecule has 0 saturated carbocycles. The van der Waals surface area contributed by atoms with E-state index in [4.69, 9.17) is 15.2 Å². The molecule has 3 N–H and O–H groups in total. The van der Waals surface area contributed by atoms with Crippen molar-refractivity contribution in [3.05, 3.63) is 65.2 Å². The maximum atomic E-state index is 12.2. The number of methoxy groups -OCH3 is 2. The maximum absolute atomic E-state index is 12.2. The predicted molar refractivity (Wildman–Crippen MR) is 102 cm³/mol. The van der Waals surface area contributed by atoms with Crippen molar-refractivity contribution in [2.24, 2.45) is 10.7 Å². The summed E-state index contributed by atoms with van der Waals surface area (Å²) in [6.07, 6.45) is 2.53. The molecule has 6 heteroatoms. The number of carbonyl (C=O) groups excluding carboxylic acids is 1. The Morgan fingerprint density at radius 1 is 1.15 bits per heavy atom. The highest BCUT2D eigenvalue weighted by molar-refractivity contribution is 6.08. The van der Waals surface area contributed by atoms with Crippen LogP contribution in [0, 0.1) is 0 Å². The lowest BCUT2D eigenvalue weighted by Gasteiger charge is -2.23. The summed E-state index contributed by atoms with van der Waals surface area (Å²) in [5, 5.41) is 3.30. The molecule has 0 bridgehead atoms. The third kappa shape index (κ3) is 3.69. The Morgan fingerprint density at radius 2 is 1.85 bits per heavy atom. The summed E-state index contributed by atoms with van der Waals surface area (Å²) in [5.74, 6) is 1.09.